The van der Waals surface area contributed by atoms with Gasteiger partial charge in [0.1, 0.15) is 12.4 Å². The van der Waals surface area contributed by atoms with Gasteiger partial charge >= 0.3 is 0 Å². The van der Waals surface area contributed by atoms with Crippen molar-refractivity contribution in [3.05, 3.63) is 63.2 Å². The number of amides is 1. The van der Waals surface area contributed by atoms with Crippen LogP contribution < -0.4 is 4.74 Å². The van der Waals surface area contributed by atoms with Crippen molar-refractivity contribution in [3.8, 4) is 5.75 Å². The molecule has 0 fully saturated rings. The first-order valence-corrected chi connectivity index (χ1v) is 8.99. The number of nitro groups is 1. The molecule has 0 radical (unpaired) electrons. The summed E-state index contributed by atoms with van der Waals surface area (Å²) in [5.41, 5.74) is 0.211. The van der Waals surface area contributed by atoms with Crippen LogP contribution in [0, 0.1) is 10.1 Å². The number of thioether (sulfide) groups is 1. The molecule has 0 aromatic heterocycles. The second-order valence-corrected chi connectivity index (χ2v) is 6.46. The van der Waals surface area contributed by atoms with Crippen LogP contribution in [0.3, 0.4) is 0 Å². The molecule has 0 saturated carbocycles. The summed E-state index contributed by atoms with van der Waals surface area (Å²) in [6, 6.07) is 11.4. The van der Waals surface area contributed by atoms with Gasteiger partial charge in [-0.25, -0.2) is 0 Å². The Balaban J connectivity index is 1.98. The molecule has 0 atom stereocenters. The van der Waals surface area contributed by atoms with Crippen LogP contribution >= 0.6 is 23.4 Å². The van der Waals surface area contributed by atoms with Gasteiger partial charge in [-0.15, -0.1) is 11.8 Å². The third-order valence-corrected chi connectivity index (χ3v) is 4.52. The van der Waals surface area contributed by atoms with Crippen LogP contribution in [0.2, 0.25) is 5.02 Å². The van der Waals surface area contributed by atoms with Gasteiger partial charge in [-0.2, -0.15) is 0 Å². The molecule has 132 valence electrons. The zero-order valence-corrected chi connectivity index (χ0v) is 15.3. The molecule has 0 unspecified atom stereocenters. The minimum absolute atomic E-state index is 0.0656. The molecule has 0 aliphatic rings. The smallest absolute Gasteiger partial charge is 0.283 e. The Kier molecular flexibility index (Phi) is 6.66. The molecule has 0 saturated heterocycles. The highest BCUT2D eigenvalue weighted by Crippen LogP contribution is 2.28. The summed E-state index contributed by atoms with van der Waals surface area (Å²) in [7, 11) is 1.63. The fourth-order valence-electron chi connectivity index (χ4n) is 2.12. The summed E-state index contributed by atoms with van der Waals surface area (Å²) in [4.78, 5) is 25.1. The number of nitrogens with zero attached hydrogens (tertiary/aromatic N) is 2. The van der Waals surface area contributed by atoms with E-state index in [1.165, 1.54) is 22.7 Å². The van der Waals surface area contributed by atoms with E-state index in [-0.39, 0.29) is 17.2 Å². The van der Waals surface area contributed by atoms with E-state index in [1.807, 2.05) is 0 Å². The van der Waals surface area contributed by atoms with Crippen molar-refractivity contribution in [2.24, 2.45) is 0 Å². The average Bonchev–Trinajstić information content (AvgIpc) is 2.62. The first-order chi connectivity index (χ1) is 11.9. The van der Waals surface area contributed by atoms with Crippen molar-refractivity contribution in [2.45, 2.75) is 4.90 Å². The lowest BCUT2D eigenvalue weighted by Crippen LogP contribution is -2.30. The summed E-state index contributed by atoms with van der Waals surface area (Å²) in [6.07, 6.45) is 1.75. The maximum Gasteiger partial charge on any atom is 0.283 e. The van der Waals surface area contributed by atoms with Gasteiger partial charge < -0.3 is 9.64 Å². The summed E-state index contributed by atoms with van der Waals surface area (Å²) >= 11 is 7.07. The van der Waals surface area contributed by atoms with Crippen LogP contribution in [-0.2, 0) is 0 Å². The average molecular weight is 381 g/mol. The van der Waals surface area contributed by atoms with Gasteiger partial charge in [-0.1, -0.05) is 11.6 Å². The molecule has 0 N–H and O–H groups in total. The monoisotopic (exact) mass is 380 g/mol. The number of rotatable bonds is 7. The van der Waals surface area contributed by atoms with Crippen LogP contribution in [0.15, 0.2) is 47.4 Å². The number of halogens is 1. The number of ether oxygens (including phenoxy) is 1. The van der Waals surface area contributed by atoms with E-state index in [9.17, 15) is 14.9 Å². The molecule has 0 heterocycles. The Labute approximate surface area is 154 Å². The number of carbonyl (C=O) groups is 1. The lowest BCUT2D eigenvalue weighted by atomic mass is 10.2. The number of benzene rings is 2. The molecule has 2 aromatic rings. The van der Waals surface area contributed by atoms with Gasteiger partial charge in [0.25, 0.3) is 11.6 Å². The van der Waals surface area contributed by atoms with E-state index < -0.39 is 4.92 Å². The normalized spacial score (nSPS) is 10.4. The van der Waals surface area contributed by atoms with Gasteiger partial charge in [0.2, 0.25) is 0 Å². The first-order valence-electron chi connectivity index (χ1n) is 7.38. The number of nitro benzene ring substituents is 1. The Hall–Kier alpha value is -2.25. The van der Waals surface area contributed by atoms with Crippen molar-refractivity contribution in [1.29, 1.82) is 0 Å². The Bertz CT molecular complexity index is 768. The molecule has 1 amide bonds. The highest BCUT2D eigenvalue weighted by atomic mass is 35.5. The summed E-state index contributed by atoms with van der Waals surface area (Å²) in [5, 5.41) is 11.7. The molecule has 6 nitrogen and oxygen atoms in total. The standard InChI is InChI=1S/C17H17ClN2O4S/c1-19(9-10-24-14-6-4-13(18)5-7-14)17(21)12-3-8-16(25-2)15(11-12)20(22)23/h3-8,11H,9-10H2,1-2H3. The second kappa shape index (κ2) is 8.73. The Morgan fingerprint density at radius 2 is 1.96 bits per heavy atom. The zero-order chi connectivity index (χ0) is 18.4. The third kappa shape index (κ3) is 5.11. The Morgan fingerprint density at radius 3 is 2.56 bits per heavy atom. The Morgan fingerprint density at radius 1 is 1.28 bits per heavy atom. The summed E-state index contributed by atoms with van der Waals surface area (Å²) in [6.45, 7) is 0.647. The van der Waals surface area contributed by atoms with Crippen molar-refractivity contribution in [3.63, 3.8) is 0 Å². The molecule has 2 rings (SSSR count). The molecule has 25 heavy (non-hydrogen) atoms. The largest absolute Gasteiger partial charge is 0.492 e. The quantitative estimate of drug-likeness (QED) is 0.410. The third-order valence-electron chi connectivity index (χ3n) is 3.48. The van der Waals surface area contributed by atoms with E-state index in [1.54, 1.807) is 49.7 Å². The number of carbonyl (C=O) groups excluding carboxylic acids is 1. The van der Waals surface area contributed by atoms with E-state index in [0.717, 1.165) is 0 Å². The summed E-state index contributed by atoms with van der Waals surface area (Å²) < 4.78 is 5.55. The molecule has 0 aliphatic carbocycles. The number of hydrogen-bond donors (Lipinski definition) is 0. The minimum atomic E-state index is -0.480. The molecular weight excluding hydrogens is 364 g/mol. The number of likely N-dealkylation sites (N-methyl/N-ethyl adjacent to an activating group) is 1. The zero-order valence-electron chi connectivity index (χ0n) is 13.8. The van der Waals surface area contributed by atoms with Crippen LogP contribution in [0.1, 0.15) is 10.4 Å². The van der Waals surface area contributed by atoms with E-state index in [0.29, 0.717) is 28.8 Å². The fraction of sp³-hybridized carbons (Fsp3) is 0.235. The predicted octanol–water partition coefficient (Wildman–Crippen LogP) is 4.12. The lowest BCUT2D eigenvalue weighted by molar-refractivity contribution is -0.387. The van der Waals surface area contributed by atoms with Crippen LogP contribution in [0.5, 0.6) is 5.75 Å². The van der Waals surface area contributed by atoms with Crippen molar-refractivity contribution < 1.29 is 14.5 Å². The molecule has 8 heteroatoms. The highest BCUT2D eigenvalue weighted by molar-refractivity contribution is 7.98. The van der Waals surface area contributed by atoms with Gasteiger partial charge in [-0.05, 0) is 42.7 Å². The SMILES string of the molecule is CSc1ccc(C(=O)N(C)CCOc2ccc(Cl)cc2)cc1[N+](=O)[O-]. The second-order valence-electron chi connectivity index (χ2n) is 5.17. The van der Waals surface area contributed by atoms with Crippen LogP contribution in [0.25, 0.3) is 0 Å². The van der Waals surface area contributed by atoms with Crippen molar-refractivity contribution in [2.75, 3.05) is 26.5 Å². The highest BCUT2D eigenvalue weighted by Gasteiger charge is 2.19. The topological polar surface area (TPSA) is 72.7 Å². The lowest BCUT2D eigenvalue weighted by Gasteiger charge is -2.17. The van der Waals surface area contributed by atoms with E-state index >= 15 is 0 Å². The van der Waals surface area contributed by atoms with Gasteiger partial charge in [-0.3, -0.25) is 14.9 Å². The molecule has 0 spiro atoms. The summed E-state index contributed by atoms with van der Waals surface area (Å²) in [5.74, 6) is 0.362. The van der Waals surface area contributed by atoms with Gasteiger partial charge in [0.15, 0.2) is 0 Å². The molecule has 2 aromatic carbocycles. The van der Waals surface area contributed by atoms with Crippen LogP contribution in [0.4, 0.5) is 5.69 Å². The fourth-order valence-corrected chi connectivity index (χ4v) is 2.79. The molecule has 0 bridgehead atoms. The minimum Gasteiger partial charge on any atom is -0.492 e. The van der Waals surface area contributed by atoms with E-state index in [4.69, 9.17) is 16.3 Å². The van der Waals surface area contributed by atoms with Crippen LogP contribution in [-0.4, -0.2) is 42.2 Å². The van der Waals surface area contributed by atoms with Gasteiger partial charge in [0.05, 0.1) is 16.4 Å². The number of hydrogen-bond acceptors (Lipinski definition) is 5. The molecule has 0 aliphatic heterocycles. The maximum atomic E-state index is 12.4. The van der Waals surface area contributed by atoms with Crippen molar-refractivity contribution >= 4 is 35.0 Å². The van der Waals surface area contributed by atoms with E-state index in [2.05, 4.69) is 0 Å². The maximum absolute atomic E-state index is 12.4. The van der Waals surface area contributed by atoms with Crippen molar-refractivity contribution in [1.82, 2.24) is 4.90 Å². The first kappa shape index (κ1) is 19.1. The molecular formula is C17H17ClN2O4S. The van der Waals surface area contributed by atoms with Gasteiger partial charge in [0, 0.05) is 23.7 Å². The predicted molar refractivity (Wildman–Crippen MR) is 98.8 cm³/mol.